The van der Waals surface area contributed by atoms with E-state index in [1.807, 2.05) is 0 Å². The van der Waals surface area contributed by atoms with Crippen LogP contribution in [0.15, 0.2) is 0 Å². The molecule has 0 aliphatic carbocycles. The fourth-order valence-electron chi connectivity index (χ4n) is 1.81. The maximum atomic E-state index is 11.4. The topological polar surface area (TPSA) is 58.6 Å². The molecule has 0 aliphatic rings. The van der Waals surface area contributed by atoms with Crippen molar-refractivity contribution in [2.45, 2.75) is 64.4 Å². The van der Waals surface area contributed by atoms with E-state index in [9.17, 15) is 9.90 Å². The predicted octanol–water partition coefficient (Wildman–Crippen LogP) is 2.25. The highest BCUT2D eigenvalue weighted by Gasteiger charge is 2.05. The molecule has 4 heteroatoms. The zero-order chi connectivity index (χ0) is 13.6. The van der Waals surface area contributed by atoms with Gasteiger partial charge in [-0.05, 0) is 12.8 Å². The monoisotopic (exact) mass is 259 g/mol. The van der Waals surface area contributed by atoms with Gasteiger partial charge in [0.05, 0.1) is 12.7 Å². The lowest BCUT2D eigenvalue weighted by Gasteiger charge is -2.10. The number of carbonyl (C=O) groups is 1. The number of hydrogen-bond acceptors (Lipinski definition) is 3. The number of amides is 1. The fraction of sp³-hybridized carbons (Fsp3) is 0.929. The second kappa shape index (κ2) is 12.8. The van der Waals surface area contributed by atoms with Gasteiger partial charge in [-0.1, -0.05) is 39.0 Å². The number of ether oxygens (including phenoxy) is 1. The van der Waals surface area contributed by atoms with Crippen LogP contribution in [0.5, 0.6) is 0 Å². The molecular weight excluding hydrogens is 230 g/mol. The summed E-state index contributed by atoms with van der Waals surface area (Å²) in [5.41, 5.74) is 0. The van der Waals surface area contributed by atoms with E-state index in [0.29, 0.717) is 26.0 Å². The molecule has 2 N–H and O–H groups in total. The molecule has 4 nitrogen and oxygen atoms in total. The Morgan fingerprint density at radius 3 is 2.56 bits per heavy atom. The summed E-state index contributed by atoms with van der Waals surface area (Å²) in [6.07, 6.45) is 7.84. The lowest BCUT2D eigenvalue weighted by Crippen LogP contribution is -2.28. The summed E-state index contributed by atoms with van der Waals surface area (Å²) in [5.74, 6) is 0.0927. The molecule has 1 atom stereocenters. The molecule has 0 fully saturated rings. The molecule has 0 saturated carbocycles. The van der Waals surface area contributed by atoms with Crippen LogP contribution in [0, 0.1) is 0 Å². The lowest BCUT2D eigenvalue weighted by molar-refractivity contribution is -0.121. The van der Waals surface area contributed by atoms with Crippen LogP contribution in [-0.4, -0.2) is 37.4 Å². The van der Waals surface area contributed by atoms with Crippen molar-refractivity contribution in [3.8, 4) is 0 Å². The summed E-state index contributed by atoms with van der Waals surface area (Å²) in [6, 6.07) is 0. The third kappa shape index (κ3) is 11.9. The molecule has 0 radical (unpaired) electrons. The first-order valence-electron chi connectivity index (χ1n) is 7.14. The predicted molar refractivity (Wildman–Crippen MR) is 73.5 cm³/mol. The first-order valence-corrected chi connectivity index (χ1v) is 7.14. The quantitative estimate of drug-likeness (QED) is 0.528. The first kappa shape index (κ1) is 17.4. The molecule has 0 aliphatic heterocycles. The molecule has 0 bridgehead atoms. The van der Waals surface area contributed by atoms with Crippen LogP contribution in [0.4, 0.5) is 0 Å². The Hall–Kier alpha value is -0.610. The number of unbranched alkanes of at least 4 members (excludes halogenated alkanes) is 5. The molecule has 0 aromatic rings. The number of hydrogen-bond donors (Lipinski definition) is 2. The number of methoxy groups -OCH3 is 1. The Bertz CT molecular complexity index is 197. The maximum absolute atomic E-state index is 11.4. The Labute approximate surface area is 111 Å². The normalized spacial score (nSPS) is 12.4. The van der Waals surface area contributed by atoms with Crippen molar-refractivity contribution in [3.63, 3.8) is 0 Å². The van der Waals surface area contributed by atoms with Crippen LogP contribution in [0.3, 0.4) is 0 Å². The van der Waals surface area contributed by atoms with E-state index in [-0.39, 0.29) is 5.91 Å². The first-order chi connectivity index (χ1) is 8.70. The number of carbonyl (C=O) groups excluding carboxylic acids is 1. The van der Waals surface area contributed by atoms with Gasteiger partial charge in [-0.15, -0.1) is 0 Å². The van der Waals surface area contributed by atoms with Gasteiger partial charge < -0.3 is 15.2 Å². The molecule has 18 heavy (non-hydrogen) atoms. The molecule has 0 rings (SSSR count). The van der Waals surface area contributed by atoms with Crippen LogP contribution < -0.4 is 5.32 Å². The number of nitrogens with one attached hydrogen (secondary N) is 1. The van der Waals surface area contributed by atoms with Crippen molar-refractivity contribution in [1.29, 1.82) is 0 Å². The number of aliphatic hydroxyl groups excluding tert-OH is 1. The van der Waals surface area contributed by atoms with Gasteiger partial charge in [-0.2, -0.15) is 0 Å². The average molecular weight is 259 g/mol. The van der Waals surface area contributed by atoms with Crippen molar-refractivity contribution in [3.05, 3.63) is 0 Å². The van der Waals surface area contributed by atoms with Crippen LogP contribution in [0.1, 0.15) is 58.3 Å². The molecule has 1 amide bonds. The Morgan fingerprint density at radius 2 is 1.89 bits per heavy atom. The van der Waals surface area contributed by atoms with E-state index in [4.69, 9.17) is 4.74 Å². The Morgan fingerprint density at radius 1 is 1.22 bits per heavy atom. The number of aliphatic hydroxyl groups is 1. The highest BCUT2D eigenvalue weighted by Crippen LogP contribution is 2.06. The zero-order valence-electron chi connectivity index (χ0n) is 11.9. The van der Waals surface area contributed by atoms with Gasteiger partial charge in [0.2, 0.25) is 5.91 Å². The molecule has 1 unspecified atom stereocenters. The third-order valence-electron chi connectivity index (χ3n) is 2.92. The van der Waals surface area contributed by atoms with E-state index < -0.39 is 6.10 Å². The van der Waals surface area contributed by atoms with Gasteiger partial charge in [0.25, 0.3) is 0 Å². The smallest absolute Gasteiger partial charge is 0.219 e. The summed E-state index contributed by atoms with van der Waals surface area (Å²) in [5, 5.41) is 12.2. The average Bonchev–Trinajstić information content (AvgIpc) is 2.34. The minimum atomic E-state index is -0.482. The SMILES string of the molecule is CCCCCCCCC(=O)NCCC(O)COC. The summed E-state index contributed by atoms with van der Waals surface area (Å²) in [7, 11) is 1.56. The molecule has 0 aromatic carbocycles. The summed E-state index contributed by atoms with van der Waals surface area (Å²) in [4.78, 5) is 11.4. The minimum absolute atomic E-state index is 0.0927. The second-order valence-corrected chi connectivity index (χ2v) is 4.77. The van der Waals surface area contributed by atoms with Crippen molar-refractivity contribution < 1.29 is 14.6 Å². The van der Waals surface area contributed by atoms with Gasteiger partial charge in [-0.3, -0.25) is 4.79 Å². The van der Waals surface area contributed by atoms with Crippen LogP contribution in [-0.2, 0) is 9.53 Å². The Kier molecular flexibility index (Phi) is 12.4. The van der Waals surface area contributed by atoms with Crippen LogP contribution >= 0.6 is 0 Å². The lowest BCUT2D eigenvalue weighted by atomic mass is 10.1. The standard InChI is InChI=1S/C14H29NO3/c1-3-4-5-6-7-8-9-14(17)15-11-10-13(16)12-18-2/h13,16H,3-12H2,1-2H3,(H,15,17). The summed E-state index contributed by atoms with van der Waals surface area (Å²) >= 11 is 0. The molecule has 108 valence electrons. The minimum Gasteiger partial charge on any atom is -0.391 e. The van der Waals surface area contributed by atoms with Gasteiger partial charge in [-0.25, -0.2) is 0 Å². The fourth-order valence-corrected chi connectivity index (χ4v) is 1.81. The molecule has 0 aromatic heterocycles. The molecule has 0 heterocycles. The molecular formula is C14H29NO3. The highest BCUT2D eigenvalue weighted by molar-refractivity contribution is 5.75. The van der Waals surface area contributed by atoms with E-state index in [0.717, 1.165) is 12.8 Å². The highest BCUT2D eigenvalue weighted by atomic mass is 16.5. The van der Waals surface area contributed by atoms with Crippen molar-refractivity contribution in [2.24, 2.45) is 0 Å². The maximum Gasteiger partial charge on any atom is 0.219 e. The third-order valence-corrected chi connectivity index (χ3v) is 2.92. The molecule has 0 saturated heterocycles. The van der Waals surface area contributed by atoms with Crippen molar-refractivity contribution in [1.82, 2.24) is 5.32 Å². The van der Waals surface area contributed by atoms with Gasteiger partial charge >= 0.3 is 0 Å². The van der Waals surface area contributed by atoms with Gasteiger partial charge in [0.15, 0.2) is 0 Å². The Balaban J connectivity index is 3.27. The largest absolute Gasteiger partial charge is 0.391 e. The van der Waals surface area contributed by atoms with E-state index >= 15 is 0 Å². The van der Waals surface area contributed by atoms with Crippen molar-refractivity contribution in [2.75, 3.05) is 20.3 Å². The van der Waals surface area contributed by atoms with Crippen molar-refractivity contribution >= 4 is 5.91 Å². The number of rotatable bonds is 12. The van der Waals surface area contributed by atoms with Crippen LogP contribution in [0.25, 0.3) is 0 Å². The van der Waals surface area contributed by atoms with Gasteiger partial charge in [0, 0.05) is 20.1 Å². The van der Waals surface area contributed by atoms with Gasteiger partial charge in [0.1, 0.15) is 0 Å². The van der Waals surface area contributed by atoms with E-state index in [2.05, 4.69) is 12.2 Å². The van der Waals surface area contributed by atoms with Crippen LogP contribution in [0.2, 0.25) is 0 Å². The van der Waals surface area contributed by atoms with E-state index in [1.165, 1.54) is 25.7 Å². The van der Waals surface area contributed by atoms with E-state index in [1.54, 1.807) is 7.11 Å². The second-order valence-electron chi connectivity index (χ2n) is 4.77. The molecule has 0 spiro atoms. The summed E-state index contributed by atoms with van der Waals surface area (Å²) in [6.45, 7) is 3.05. The summed E-state index contributed by atoms with van der Waals surface area (Å²) < 4.78 is 4.81. The zero-order valence-corrected chi connectivity index (χ0v) is 11.9.